The Morgan fingerprint density at radius 2 is 2.17 bits per heavy atom. The predicted molar refractivity (Wildman–Crippen MR) is 89.1 cm³/mol. The van der Waals surface area contributed by atoms with Gasteiger partial charge in [0.15, 0.2) is 11.6 Å². The second-order valence-corrected chi connectivity index (χ2v) is 5.51. The number of carbonyl (C=O) groups excluding carboxylic acids is 1. The third-order valence-electron chi connectivity index (χ3n) is 3.73. The number of rotatable bonds is 5. The molecule has 0 atom stereocenters. The smallest absolute Gasteiger partial charge is 0.244 e. The lowest BCUT2D eigenvalue weighted by Crippen LogP contribution is -2.19. The van der Waals surface area contributed by atoms with Gasteiger partial charge in [-0.2, -0.15) is 0 Å². The molecule has 2 aromatic heterocycles. The summed E-state index contributed by atoms with van der Waals surface area (Å²) in [5, 5.41) is 2.73. The molecule has 0 fully saturated rings. The number of nitrogens with zero attached hydrogens (tertiary/aromatic N) is 2. The van der Waals surface area contributed by atoms with E-state index in [1.54, 1.807) is 23.0 Å². The third-order valence-corrected chi connectivity index (χ3v) is 3.73. The average molecular weight is 327 g/mol. The van der Waals surface area contributed by atoms with E-state index in [2.05, 4.69) is 10.3 Å². The lowest BCUT2D eigenvalue weighted by molar-refractivity contribution is -0.116. The van der Waals surface area contributed by atoms with E-state index in [1.807, 2.05) is 26.0 Å². The van der Waals surface area contributed by atoms with Crippen LogP contribution in [0.3, 0.4) is 0 Å². The number of furan rings is 1. The standard InChI is InChI=1S/C18H18FN3O2/c1-3-14-6-7-16(24-14)18-20-8-9-22(18)11-17(23)21-15-10-13(19)5-4-12(15)2/h4-10H,3,11H2,1-2H3,(H,21,23). The number of aryl methyl sites for hydroxylation is 2. The zero-order chi connectivity index (χ0) is 17.1. The highest BCUT2D eigenvalue weighted by Crippen LogP contribution is 2.21. The van der Waals surface area contributed by atoms with E-state index in [0.29, 0.717) is 17.3 Å². The van der Waals surface area contributed by atoms with Gasteiger partial charge in [-0.15, -0.1) is 0 Å². The van der Waals surface area contributed by atoms with Gasteiger partial charge in [-0.3, -0.25) is 4.79 Å². The summed E-state index contributed by atoms with van der Waals surface area (Å²) < 4.78 is 20.7. The van der Waals surface area contributed by atoms with Gasteiger partial charge in [0.1, 0.15) is 18.1 Å². The van der Waals surface area contributed by atoms with Gasteiger partial charge in [-0.1, -0.05) is 13.0 Å². The number of imidazole rings is 1. The van der Waals surface area contributed by atoms with Crippen LogP contribution in [0.5, 0.6) is 0 Å². The van der Waals surface area contributed by atoms with Crippen LogP contribution in [0.2, 0.25) is 0 Å². The minimum atomic E-state index is -0.387. The summed E-state index contributed by atoms with van der Waals surface area (Å²) in [4.78, 5) is 16.5. The zero-order valence-electron chi connectivity index (χ0n) is 13.5. The van der Waals surface area contributed by atoms with Crippen LogP contribution >= 0.6 is 0 Å². The molecule has 0 aliphatic rings. The van der Waals surface area contributed by atoms with Crippen molar-refractivity contribution in [2.24, 2.45) is 0 Å². The van der Waals surface area contributed by atoms with Crippen molar-refractivity contribution >= 4 is 11.6 Å². The second kappa shape index (κ2) is 6.70. The molecule has 0 saturated heterocycles. The van der Waals surface area contributed by atoms with Crippen LogP contribution < -0.4 is 5.32 Å². The van der Waals surface area contributed by atoms with Crippen molar-refractivity contribution in [1.82, 2.24) is 9.55 Å². The van der Waals surface area contributed by atoms with Crippen LogP contribution in [0.4, 0.5) is 10.1 Å². The lowest BCUT2D eigenvalue weighted by atomic mass is 10.2. The number of carbonyl (C=O) groups is 1. The van der Waals surface area contributed by atoms with E-state index < -0.39 is 0 Å². The van der Waals surface area contributed by atoms with Gasteiger partial charge in [0.25, 0.3) is 0 Å². The molecule has 24 heavy (non-hydrogen) atoms. The predicted octanol–water partition coefficient (Wildman–Crippen LogP) is 3.79. The molecule has 0 radical (unpaired) electrons. The number of anilines is 1. The third kappa shape index (κ3) is 3.37. The Bertz CT molecular complexity index is 867. The highest BCUT2D eigenvalue weighted by Gasteiger charge is 2.13. The Hall–Kier alpha value is -2.89. The highest BCUT2D eigenvalue weighted by molar-refractivity contribution is 5.91. The van der Waals surface area contributed by atoms with Crippen molar-refractivity contribution in [3.05, 3.63) is 59.9 Å². The molecule has 0 unspecified atom stereocenters. The number of hydrogen-bond donors (Lipinski definition) is 1. The topological polar surface area (TPSA) is 60.1 Å². The number of nitrogens with one attached hydrogen (secondary N) is 1. The summed E-state index contributed by atoms with van der Waals surface area (Å²) in [5.41, 5.74) is 1.27. The minimum absolute atomic E-state index is 0.0629. The fourth-order valence-corrected chi connectivity index (χ4v) is 2.42. The van der Waals surface area contributed by atoms with Gasteiger partial charge >= 0.3 is 0 Å². The molecule has 1 amide bonds. The zero-order valence-corrected chi connectivity index (χ0v) is 13.5. The first-order chi connectivity index (χ1) is 11.6. The molecule has 0 saturated carbocycles. The molecule has 0 aliphatic heterocycles. The first-order valence-corrected chi connectivity index (χ1v) is 7.73. The van der Waals surface area contributed by atoms with E-state index in [-0.39, 0.29) is 18.3 Å². The Kier molecular flexibility index (Phi) is 4.46. The van der Waals surface area contributed by atoms with E-state index in [0.717, 1.165) is 17.7 Å². The Labute approximate surface area is 139 Å². The SMILES string of the molecule is CCc1ccc(-c2nccn2CC(=O)Nc2cc(F)ccc2C)o1. The molecule has 3 aromatic rings. The van der Waals surface area contributed by atoms with Gasteiger partial charge < -0.3 is 14.3 Å². The molecule has 6 heteroatoms. The molecular formula is C18H18FN3O2. The number of halogens is 1. The Balaban J connectivity index is 1.76. The fraction of sp³-hybridized carbons (Fsp3) is 0.222. The fourth-order valence-electron chi connectivity index (χ4n) is 2.42. The van der Waals surface area contributed by atoms with Crippen LogP contribution in [0.15, 0.2) is 47.1 Å². The van der Waals surface area contributed by atoms with Gasteiger partial charge in [-0.05, 0) is 36.8 Å². The highest BCUT2D eigenvalue weighted by atomic mass is 19.1. The number of hydrogen-bond acceptors (Lipinski definition) is 3. The maximum absolute atomic E-state index is 13.3. The Morgan fingerprint density at radius 1 is 1.33 bits per heavy atom. The van der Waals surface area contributed by atoms with Gasteiger partial charge in [0.2, 0.25) is 5.91 Å². The summed E-state index contributed by atoms with van der Waals surface area (Å²) in [6, 6.07) is 8.03. The molecule has 2 heterocycles. The normalized spacial score (nSPS) is 10.8. The number of aromatic nitrogens is 2. The van der Waals surface area contributed by atoms with E-state index in [1.165, 1.54) is 12.1 Å². The molecule has 0 aliphatic carbocycles. The number of benzene rings is 1. The summed E-state index contributed by atoms with van der Waals surface area (Å²) in [6.07, 6.45) is 4.12. The largest absolute Gasteiger partial charge is 0.458 e. The quantitative estimate of drug-likeness (QED) is 0.775. The molecule has 124 valence electrons. The lowest BCUT2D eigenvalue weighted by Gasteiger charge is -2.10. The maximum Gasteiger partial charge on any atom is 0.244 e. The molecule has 0 bridgehead atoms. The van der Waals surface area contributed by atoms with Gasteiger partial charge in [0.05, 0.1) is 0 Å². The van der Waals surface area contributed by atoms with Crippen molar-refractivity contribution in [2.45, 2.75) is 26.8 Å². The molecule has 1 aromatic carbocycles. The number of amides is 1. The first-order valence-electron chi connectivity index (χ1n) is 7.73. The average Bonchev–Trinajstić information content (AvgIpc) is 3.19. The molecule has 3 rings (SSSR count). The summed E-state index contributed by atoms with van der Waals surface area (Å²) >= 11 is 0. The van der Waals surface area contributed by atoms with Crippen molar-refractivity contribution in [2.75, 3.05) is 5.32 Å². The van der Waals surface area contributed by atoms with Gasteiger partial charge in [0, 0.05) is 24.5 Å². The maximum atomic E-state index is 13.3. The van der Waals surface area contributed by atoms with Crippen LogP contribution in [0.25, 0.3) is 11.6 Å². The van der Waals surface area contributed by atoms with Crippen molar-refractivity contribution < 1.29 is 13.6 Å². The van der Waals surface area contributed by atoms with Crippen LogP contribution in [0, 0.1) is 12.7 Å². The summed E-state index contributed by atoms with van der Waals surface area (Å²) in [7, 11) is 0. The first kappa shape index (κ1) is 16.0. The van der Waals surface area contributed by atoms with Crippen LogP contribution in [-0.4, -0.2) is 15.5 Å². The second-order valence-electron chi connectivity index (χ2n) is 5.51. The summed E-state index contributed by atoms with van der Waals surface area (Å²) in [5.74, 6) is 1.42. The minimum Gasteiger partial charge on any atom is -0.458 e. The van der Waals surface area contributed by atoms with Crippen molar-refractivity contribution in [3.8, 4) is 11.6 Å². The molecule has 5 nitrogen and oxygen atoms in total. The summed E-state index contributed by atoms with van der Waals surface area (Å²) in [6.45, 7) is 3.88. The molecular weight excluding hydrogens is 309 g/mol. The van der Waals surface area contributed by atoms with Crippen LogP contribution in [0.1, 0.15) is 18.2 Å². The van der Waals surface area contributed by atoms with E-state index in [9.17, 15) is 9.18 Å². The van der Waals surface area contributed by atoms with Gasteiger partial charge in [-0.25, -0.2) is 9.37 Å². The Morgan fingerprint density at radius 3 is 2.92 bits per heavy atom. The van der Waals surface area contributed by atoms with Crippen molar-refractivity contribution in [1.29, 1.82) is 0 Å². The molecule has 0 spiro atoms. The van der Waals surface area contributed by atoms with Crippen LogP contribution in [-0.2, 0) is 17.8 Å². The monoisotopic (exact) mass is 327 g/mol. The van der Waals surface area contributed by atoms with E-state index >= 15 is 0 Å². The molecule has 1 N–H and O–H groups in total. The van der Waals surface area contributed by atoms with Crippen molar-refractivity contribution in [3.63, 3.8) is 0 Å². The van der Waals surface area contributed by atoms with E-state index in [4.69, 9.17) is 4.42 Å².